The van der Waals surface area contributed by atoms with Gasteiger partial charge in [-0.3, -0.25) is 4.68 Å². The summed E-state index contributed by atoms with van der Waals surface area (Å²) in [5.74, 6) is 0. The summed E-state index contributed by atoms with van der Waals surface area (Å²) in [4.78, 5) is 0. The Balaban J connectivity index is 1.96. The molecule has 0 fully saturated rings. The average molecular weight is 286 g/mol. The molecule has 3 rings (SSSR count). The number of halogens is 1. The highest BCUT2D eigenvalue weighted by molar-refractivity contribution is 6.30. The summed E-state index contributed by atoms with van der Waals surface area (Å²) in [6.45, 7) is 1.95. The molecule has 0 N–H and O–H groups in total. The Hall–Kier alpha value is -1.79. The molecule has 0 saturated carbocycles. The van der Waals surface area contributed by atoms with E-state index >= 15 is 0 Å². The van der Waals surface area contributed by atoms with Gasteiger partial charge in [0.15, 0.2) is 0 Å². The lowest BCUT2D eigenvalue weighted by atomic mass is 9.80. The van der Waals surface area contributed by atoms with Crippen molar-refractivity contribution in [2.75, 3.05) is 0 Å². The molecular weight excluding hydrogens is 270 g/mol. The summed E-state index contributed by atoms with van der Waals surface area (Å²) in [7, 11) is 1.83. The SMILES string of the molecule is Cc1nn(C)c(Cl)c1CC1(C#N)Cc2ccccc2C1. The standard InChI is InChI=1S/C16H16ClN3/c1-11-14(15(17)20(2)19-11)9-16(10-18)7-12-5-3-4-6-13(12)8-16/h3-6H,7-9H2,1-2H3. The smallest absolute Gasteiger partial charge is 0.130 e. The molecule has 1 aromatic carbocycles. The van der Waals surface area contributed by atoms with Crippen LogP contribution >= 0.6 is 11.6 Å². The van der Waals surface area contributed by atoms with Crippen LogP contribution in [0.25, 0.3) is 0 Å². The van der Waals surface area contributed by atoms with E-state index in [0.29, 0.717) is 11.6 Å². The van der Waals surface area contributed by atoms with E-state index in [4.69, 9.17) is 11.6 Å². The first-order valence-electron chi connectivity index (χ1n) is 6.71. The van der Waals surface area contributed by atoms with Gasteiger partial charge in [0.25, 0.3) is 0 Å². The minimum atomic E-state index is -0.388. The Bertz CT molecular complexity index is 684. The number of hydrogen-bond acceptors (Lipinski definition) is 2. The van der Waals surface area contributed by atoms with Crippen molar-refractivity contribution in [1.29, 1.82) is 5.26 Å². The number of nitrogens with zero attached hydrogens (tertiary/aromatic N) is 3. The van der Waals surface area contributed by atoms with Crippen LogP contribution in [0, 0.1) is 23.7 Å². The number of nitriles is 1. The van der Waals surface area contributed by atoms with Crippen LogP contribution in [0.5, 0.6) is 0 Å². The van der Waals surface area contributed by atoms with Crippen LogP contribution in [0.4, 0.5) is 0 Å². The summed E-state index contributed by atoms with van der Waals surface area (Å²) in [6.07, 6.45) is 2.26. The molecule has 0 bridgehead atoms. The molecule has 3 nitrogen and oxygen atoms in total. The van der Waals surface area contributed by atoms with Crippen molar-refractivity contribution >= 4 is 11.6 Å². The lowest BCUT2D eigenvalue weighted by Crippen LogP contribution is -2.22. The van der Waals surface area contributed by atoms with Crippen molar-refractivity contribution in [3.63, 3.8) is 0 Å². The Morgan fingerprint density at radius 3 is 2.40 bits per heavy atom. The summed E-state index contributed by atoms with van der Waals surface area (Å²) in [6, 6.07) is 10.8. The van der Waals surface area contributed by atoms with Gasteiger partial charge in [0.05, 0.1) is 17.2 Å². The van der Waals surface area contributed by atoms with Gasteiger partial charge in [-0.15, -0.1) is 0 Å². The van der Waals surface area contributed by atoms with E-state index in [0.717, 1.165) is 24.1 Å². The molecule has 2 aromatic rings. The van der Waals surface area contributed by atoms with Crippen molar-refractivity contribution in [3.05, 3.63) is 51.8 Å². The number of aromatic nitrogens is 2. The minimum absolute atomic E-state index is 0.388. The molecule has 0 amide bonds. The predicted octanol–water partition coefficient (Wildman–Crippen LogP) is 3.23. The summed E-state index contributed by atoms with van der Waals surface area (Å²) >= 11 is 6.31. The topological polar surface area (TPSA) is 41.6 Å². The van der Waals surface area contributed by atoms with Crippen LogP contribution in [-0.4, -0.2) is 9.78 Å². The molecule has 0 saturated heterocycles. The van der Waals surface area contributed by atoms with E-state index in [1.54, 1.807) is 4.68 Å². The molecule has 0 spiro atoms. The fourth-order valence-corrected chi connectivity index (χ4v) is 3.39. The Kier molecular flexibility index (Phi) is 3.07. The molecule has 1 aromatic heterocycles. The van der Waals surface area contributed by atoms with Gasteiger partial charge in [-0.25, -0.2) is 0 Å². The normalized spacial score (nSPS) is 15.9. The lowest BCUT2D eigenvalue weighted by Gasteiger charge is -2.20. The Morgan fingerprint density at radius 2 is 1.95 bits per heavy atom. The zero-order valence-electron chi connectivity index (χ0n) is 11.7. The third-order valence-electron chi connectivity index (χ3n) is 4.20. The van der Waals surface area contributed by atoms with Crippen molar-refractivity contribution in [1.82, 2.24) is 9.78 Å². The molecule has 1 heterocycles. The first-order chi connectivity index (χ1) is 9.54. The van der Waals surface area contributed by atoms with Gasteiger partial charge in [0, 0.05) is 12.6 Å². The molecule has 0 aliphatic heterocycles. The first-order valence-corrected chi connectivity index (χ1v) is 7.08. The van der Waals surface area contributed by atoms with Crippen molar-refractivity contribution in [3.8, 4) is 6.07 Å². The van der Waals surface area contributed by atoms with Crippen LogP contribution in [0.1, 0.15) is 22.4 Å². The fraction of sp³-hybridized carbons (Fsp3) is 0.375. The van der Waals surface area contributed by atoms with Gasteiger partial charge in [-0.05, 0) is 37.3 Å². The zero-order valence-corrected chi connectivity index (χ0v) is 12.4. The van der Waals surface area contributed by atoms with Crippen LogP contribution < -0.4 is 0 Å². The van der Waals surface area contributed by atoms with Crippen molar-refractivity contribution in [2.24, 2.45) is 12.5 Å². The van der Waals surface area contributed by atoms with Gasteiger partial charge in [-0.2, -0.15) is 10.4 Å². The number of fused-ring (bicyclic) bond motifs is 1. The zero-order chi connectivity index (χ0) is 14.3. The largest absolute Gasteiger partial charge is 0.257 e. The maximum atomic E-state index is 9.72. The van der Waals surface area contributed by atoms with Gasteiger partial charge in [-0.1, -0.05) is 35.9 Å². The van der Waals surface area contributed by atoms with Gasteiger partial charge in [0.2, 0.25) is 0 Å². The summed E-state index contributed by atoms with van der Waals surface area (Å²) < 4.78 is 1.68. The van der Waals surface area contributed by atoms with E-state index in [2.05, 4.69) is 23.3 Å². The van der Waals surface area contributed by atoms with E-state index in [-0.39, 0.29) is 5.41 Å². The molecule has 0 unspecified atom stereocenters. The molecular formula is C16H16ClN3. The predicted molar refractivity (Wildman–Crippen MR) is 78.6 cm³/mol. The molecule has 1 aliphatic carbocycles. The molecule has 102 valence electrons. The fourth-order valence-electron chi connectivity index (χ4n) is 3.15. The van der Waals surface area contributed by atoms with Gasteiger partial charge < -0.3 is 0 Å². The third kappa shape index (κ3) is 2.01. The first kappa shape index (κ1) is 13.2. The monoisotopic (exact) mass is 285 g/mol. The van der Waals surface area contributed by atoms with Crippen molar-refractivity contribution in [2.45, 2.75) is 26.2 Å². The highest BCUT2D eigenvalue weighted by Gasteiger charge is 2.38. The number of benzene rings is 1. The average Bonchev–Trinajstić information content (AvgIpc) is 2.92. The highest BCUT2D eigenvalue weighted by Crippen LogP contribution is 2.40. The van der Waals surface area contributed by atoms with Gasteiger partial charge in [0.1, 0.15) is 5.15 Å². The summed E-state index contributed by atoms with van der Waals surface area (Å²) in [5.41, 5.74) is 4.10. The summed E-state index contributed by atoms with van der Waals surface area (Å²) in [5, 5.41) is 14.7. The minimum Gasteiger partial charge on any atom is -0.257 e. The molecule has 0 radical (unpaired) electrons. The van der Waals surface area contributed by atoms with E-state index in [9.17, 15) is 5.26 Å². The lowest BCUT2D eigenvalue weighted by molar-refractivity contribution is 0.417. The van der Waals surface area contributed by atoms with Crippen LogP contribution in [0.15, 0.2) is 24.3 Å². The van der Waals surface area contributed by atoms with Crippen molar-refractivity contribution < 1.29 is 0 Å². The highest BCUT2D eigenvalue weighted by atomic mass is 35.5. The molecule has 0 atom stereocenters. The van der Waals surface area contributed by atoms with Crippen LogP contribution in [0.3, 0.4) is 0 Å². The van der Waals surface area contributed by atoms with E-state index < -0.39 is 0 Å². The third-order valence-corrected chi connectivity index (χ3v) is 4.67. The Labute approximate surface area is 123 Å². The second-order valence-corrected chi connectivity index (χ2v) is 6.03. The maximum absolute atomic E-state index is 9.72. The van der Waals surface area contributed by atoms with Crippen LogP contribution in [0.2, 0.25) is 5.15 Å². The number of hydrogen-bond donors (Lipinski definition) is 0. The molecule has 4 heteroatoms. The molecule has 20 heavy (non-hydrogen) atoms. The van der Waals surface area contributed by atoms with Gasteiger partial charge >= 0.3 is 0 Å². The van der Waals surface area contributed by atoms with E-state index in [1.165, 1.54) is 11.1 Å². The quantitative estimate of drug-likeness (QED) is 0.850. The Morgan fingerprint density at radius 1 is 1.35 bits per heavy atom. The maximum Gasteiger partial charge on any atom is 0.130 e. The van der Waals surface area contributed by atoms with Crippen LogP contribution in [-0.2, 0) is 26.3 Å². The van der Waals surface area contributed by atoms with E-state index in [1.807, 2.05) is 26.1 Å². The second-order valence-electron chi connectivity index (χ2n) is 5.67. The molecule has 1 aliphatic rings. The number of rotatable bonds is 2. The number of aryl methyl sites for hydroxylation is 2. The second kappa shape index (κ2) is 4.64.